The molecule has 0 aliphatic carbocycles. The van der Waals surface area contributed by atoms with E-state index in [-0.39, 0.29) is 5.91 Å². The van der Waals surface area contributed by atoms with Crippen LogP contribution in [-0.4, -0.2) is 23.8 Å². The number of fused-ring (bicyclic) bond motifs is 1. The second kappa shape index (κ2) is 9.48. The Labute approximate surface area is 187 Å². The third-order valence-corrected chi connectivity index (χ3v) is 5.28. The fraction of sp³-hybridized carbons (Fsp3) is 0.154. The minimum absolute atomic E-state index is 0.206. The van der Waals surface area contributed by atoms with Crippen molar-refractivity contribution in [1.82, 2.24) is 5.32 Å². The minimum Gasteiger partial charge on any atom is -0.379 e. The normalized spacial score (nSPS) is 14.8. The molecule has 0 radical (unpaired) electrons. The Morgan fingerprint density at radius 1 is 1.09 bits per heavy atom. The van der Waals surface area contributed by atoms with E-state index in [9.17, 15) is 15.2 Å². The number of carbonyl (C=O) groups excluding carboxylic acids is 1. The van der Waals surface area contributed by atoms with Gasteiger partial charge in [-0.25, -0.2) is 0 Å². The Balaban J connectivity index is 1.70. The molecule has 4 N–H and O–H groups in total. The molecule has 160 valence electrons. The van der Waals surface area contributed by atoms with Gasteiger partial charge in [0, 0.05) is 23.5 Å². The predicted octanol–water partition coefficient (Wildman–Crippen LogP) is 3.96. The van der Waals surface area contributed by atoms with Gasteiger partial charge in [-0.15, -0.1) is 0 Å². The van der Waals surface area contributed by atoms with Crippen molar-refractivity contribution >= 4 is 28.6 Å². The number of hydrogen-bond acceptors (Lipinski definition) is 5. The molecule has 0 saturated heterocycles. The van der Waals surface area contributed by atoms with E-state index < -0.39 is 6.23 Å². The van der Waals surface area contributed by atoms with Crippen molar-refractivity contribution in [3.63, 3.8) is 0 Å². The molecule has 1 unspecified atom stereocenters. The molecule has 1 aliphatic rings. The summed E-state index contributed by atoms with van der Waals surface area (Å²) in [6.07, 6.45) is 0.267. The molecule has 0 aromatic heterocycles. The summed E-state index contributed by atoms with van der Waals surface area (Å²) in [5, 5.41) is 28.0. The van der Waals surface area contributed by atoms with Gasteiger partial charge in [0.1, 0.15) is 6.23 Å². The topological polar surface area (TPSA) is 97.2 Å². The van der Waals surface area contributed by atoms with E-state index in [2.05, 4.69) is 22.0 Å². The van der Waals surface area contributed by atoms with E-state index >= 15 is 0 Å². The zero-order valence-corrected chi connectivity index (χ0v) is 17.7. The molecule has 6 nitrogen and oxygen atoms in total. The van der Waals surface area contributed by atoms with E-state index in [1.165, 1.54) is 0 Å². The maximum absolute atomic E-state index is 12.9. The number of rotatable bonds is 7. The number of aliphatic hydroxyl groups excluding tert-OH is 1. The highest BCUT2D eigenvalue weighted by Crippen LogP contribution is 2.38. The Bertz CT molecular complexity index is 1190. The predicted molar refractivity (Wildman–Crippen MR) is 126 cm³/mol. The van der Waals surface area contributed by atoms with Crippen LogP contribution in [0.3, 0.4) is 0 Å². The van der Waals surface area contributed by atoms with Gasteiger partial charge in [-0.1, -0.05) is 42.5 Å². The molecule has 32 heavy (non-hydrogen) atoms. The summed E-state index contributed by atoms with van der Waals surface area (Å²) in [7, 11) is 0. The fourth-order valence-electron chi connectivity index (χ4n) is 3.69. The maximum Gasteiger partial charge on any atom is 0.258 e. The highest BCUT2D eigenvalue weighted by molar-refractivity contribution is 6.37. The molecular weight excluding hydrogens is 400 g/mol. The summed E-state index contributed by atoms with van der Waals surface area (Å²) in [6, 6.07) is 25.0. The molecule has 0 saturated carbocycles. The van der Waals surface area contributed by atoms with Crippen molar-refractivity contribution in [3.8, 4) is 6.07 Å². The zero-order chi connectivity index (χ0) is 22.5. The molecule has 3 aromatic carbocycles. The number of nitrogens with zero attached hydrogens (tertiary/aromatic N) is 1. The Hall–Kier alpha value is -3.92. The van der Waals surface area contributed by atoms with Gasteiger partial charge in [0.25, 0.3) is 5.91 Å². The molecule has 1 atom stereocenters. The molecule has 6 heteroatoms. The third-order valence-electron chi connectivity index (χ3n) is 5.28. The van der Waals surface area contributed by atoms with Gasteiger partial charge in [-0.05, 0) is 54.8 Å². The van der Waals surface area contributed by atoms with Crippen LogP contribution in [0.1, 0.15) is 29.2 Å². The van der Waals surface area contributed by atoms with Crippen LogP contribution in [0, 0.1) is 11.3 Å². The number of hydrogen-bond donors (Lipinski definition) is 4. The first-order valence-electron chi connectivity index (χ1n) is 10.5. The summed E-state index contributed by atoms with van der Waals surface area (Å²) in [5.41, 5.74) is 5.95. The number of nitrogens with one attached hydrogen (secondary N) is 3. The SMILES string of the molecule is CC(O)NCCc1ccc(N/C(=C2\C(=O)Nc3ccc(C#N)cc32)c2ccccc2)cc1. The second-order valence-corrected chi connectivity index (χ2v) is 7.64. The lowest BCUT2D eigenvalue weighted by molar-refractivity contribution is -0.110. The van der Waals surface area contributed by atoms with Crippen molar-refractivity contribution in [2.75, 3.05) is 17.2 Å². The van der Waals surface area contributed by atoms with Crippen LogP contribution in [0.25, 0.3) is 11.3 Å². The third kappa shape index (κ3) is 4.70. The van der Waals surface area contributed by atoms with Gasteiger partial charge in [0.05, 0.1) is 22.9 Å². The summed E-state index contributed by atoms with van der Waals surface area (Å²) < 4.78 is 0. The van der Waals surface area contributed by atoms with E-state index in [0.29, 0.717) is 34.6 Å². The van der Waals surface area contributed by atoms with E-state index in [1.54, 1.807) is 25.1 Å². The average Bonchev–Trinajstić information content (AvgIpc) is 3.13. The number of carbonyl (C=O) groups is 1. The van der Waals surface area contributed by atoms with Gasteiger partial charge < -0.3 is 15.7 Å². The van der Waals surface area contributed by atoms with E-state index in [4.69, 9.17) is 0 Å². The molecule has 3 aromatic rings. The molecule has 0 bridgehead atoms. The van der Waals surface area contributed by atoms with Crippen LogP contribution in [0.5, 0.6) is 0 Å². The zero-order valence-electron chi connectivity index (χ0n) is 17.7. The number of amides is 1. The van der Waals surface area contributed by atoms with Crippen molar-refractivity contribution in [1.29, 1.82) is 5.26 Å². The molecule has 0 spiro atoms. The second-order valence-electron chi connectivity index (χ2n) is 7.64. The van der Waals surface area contributed by atoms with Crippen LogP contribution in [0.4, 0.5) is 11.4 Å². The Kier molecular flexibility index (Phi) is 6.31. The van der Waals surface area contributed by atoms with Crippen molar-refractivity contribution in [2.24, 2.45) is 0 Å². The number of anilines is 2. The first kappa shape index (κ1) is 21.3. The molecule has 1 amide bonds. The molecule has 0 fully saturated rings. The summed E-state index contributed by atoms with van der Waals surface area (Å²) in [4.78, 5) is 12.9. The number of benzene rings is 3. The van der Waals surface area contributed by atoms with Crippen molar-refractivity contribution < 1.29 is 9.90 Å². The van der Waals surface area contributed by atoms with Gasteiger partial charge in [0.15, 0.2) is 0 Å². The van der Waals surface area contributed by atoms with Crippen LogP contribution >= 0.6 is 0 Å². The maximum atomic E-state index is 12.9. The van der Waals surface area contributed by atoms with Crippen LogP contribution in [0.15, 0.2) is 72.8 Å². The van der Waals surface area contributed by atoms with E-state index in [0.717, 1.165) is 23.2 Å². The number of aliphatic hydroxyl groups is 1. The standard InChI is InChI=1S/C26H24N4O2/c1-17(31)28-14-13-18-7-10-21(11-8-18)29-25(20-5-3-2-4-6-20)24-22-15-19(16-27)9-12-23(22)30-26(24)32/h2-12,15,17,28-29,31H,13-14H2,1H3,(H,30,32)/b25-24-. The highest BCUT2D eigenvalue weighted by Gasteiger charge is 2.28. The van der Waals surface area contributed by atoms with Crippen LogP contribution < -0.4 is 16.0 Å². The Morgan fingerprint density at radius 2 is 1.84 bits per heavy atom. The van der Waals surface area contributed by atoms with Crippen molar-refractivity contribution in [2.45, 2.75) is 19.6 Å². The van der Waals surface area contributed by atoms with E-state index in [1.807, 2.05) is 54.6 Å². The molecule has 1 aliphatic heterocycles. The van der Waals surface area contributed by atoms with Crippen molar-refractivity contribution in [3.05, 3.63) is 95.1 Å². The van der Waals surface area contributed by atoms with Gasteiger partial charge >= 0.3 is 0 Å². The largest absolute Gasteiger partial charge is 0.379 e. The summed E-state index contributed by atoms with van der Waals surface area (Å²) >= 11 is 0. The Morgan fingerprint density at radius 3 is 2.53 bits per heavy atom. The lowest BCUT2D eigenvalue weighted by atomic mass is 9.98. The van der Waals surface area contributed by atoms with Gasteiger partial charge in [-0.2, -0.15) is 5.26 Å². The molecular formula is C26H24N4O2. The lowest BCUT2D eigenvalue weighted by Crippen LogP contribution is -2.27. The average molecular weight is 425 g/mol. The minimum atomic E-state index is -0.530. The lowest BCUT2D eigenvalue weighted by Gasteiger charge is -2.15. The highest BCUT2D eigenvalue weighted by atomic mass is 16.3. The summed E-state index contributed by atoms with van der Waals surface area (Å²) in [6.45, 7) is 2.38. The summed E-state index contributed by atoms with van der Waals surface area (Å²) in [5.74, 6) is -0.206. The number of nitriles is 1. The monoisotopic (exact) mass is 424 g/mol. The molecule has 1 heterocycles. The van der Waals surface area contributed by atoms with Crippen LogP contribution in [0.2, 0.25) is 0 Å². The smallest absolute Gasteiger partial charge is 0.258 e. The van der Waals surface area contributed by atoms with Gasteiger partial charge in [0.2, 0.25) is 0 Å². The first-order chi connectivity index (χ1) is 15.5. The van der Waals surface area contributed by atoms with Gasteiger partial charge in [-0.3, -0.25) is 10.1 Å². The van der Waals surface area contributed by atoms with Crippen LogP contribution in [-0.2, 0) is 11.2 Å². The first-order valence-corrected chi connectivity index (χ1v) is 10.5. The quantitative estimate of drug-likeness (QED) is 0.340. The fourth-order valence-corrected chi connectivity index (χ4v) is 3.69. The molecule has 4 rings (SSSR count).